The first-order valence-corrected chi connectivity index (χ1v) is 37.6. The first-order valence-electron chi connectivity index (χ1n) is 36.4. The number of carbonyl (C=O) groups is 15. The summed E-state index contributed by atoms with van der Waals surface area (Å²) in [5.74, 6) is -15.3. The van der Waals surface area contributed by atoms with Gasteiger partial charge in [-0.1, -0.05) is 87.8 Å². The SMILES string of the molecule is CC[C@H](C)[C@H](N)C(=O)N[C@@H](CS)C(=O)N[C@@H](CC(C)C)C(=O)N[C@@H](CC(C)C)C(=O)N1CCC[C@H]1C(=O)N[C@@H](CC(C)C)C(=O)N[C@@H](CC(=O)O)C(=O)N[C@@H](Cc1ccc(O)cc1)C(=O)NCC(=O)N1CCC[C@H]1C(=O)N[C@@H](CS)C(=O)N[C@@H](CCCN=C(N)N)C(=O)N[C@@H](C)C(=O)N[C@@H](CC(C)C)C(=O)O. The van der Waals surface area contributed by atoms with Crippen molar-refractivity contribution < 1.29 is 87.2 Å². The van der Waals surface area contributed by atoms with E-state index in [2.05, 4.69) is 88.7 Å². The first kappa shape index (κ1) is 92.2. The van der Waals surface area contributed by atoms with Gasteiger partial charge in [-0.25, -0.2) is 4.79 Å². The van der Waals surface area contributed by atoms with Gasteiger partial charge in [0, 0.05) is 37.6 Å². The predicted molar refractivity (Wildman–Crippen MR) is 402 cm³/mol. The van der Waals surface area contributed by atoms with E-state index < -0.39 is 180 Å². The molecule has 35 nitrogen and oxygen atoms in total. The van der Waals surface area contributed by atoms with E-state index in [0.29, 0.717) is 24.8 Å². The third-order valence-corrected chi connectivity index (χ3v) is 18.7. The Bertz CT molecular complexity index is 3270. The largest absolute Gasteiger partial charge is 0.508 e. The molecule has 600 valence electrons. The van der Waals surface area contributed by atoms with Gasteiger partial charge in [-0.05, 0) is 118 Å². The molecule has 0 aliphatic carbocycles. The number of aliphatic imine (C=N–C) groups is 1. The number of aromatic hydroxyl groups is 1. The number of nitrogens with two attached hydrogens (primary N) is 3. The van der Waals surface area contributed by atoms with Gasteiger partial charge in [-0.2, -0.15) is 25.3 Å². The van der Waals surface area contributed by atoms with E-state index in [1.54, 1.807) is 34.6 Å². The van der Waals surface area contributed by atoms with Crippen molar-refractivity contribution in [3.63, 3.8) is 0 Å². The summed E-state index contributed by atoms with van der Waals surface area (Å²) in [6.07, 6.45) is 0.453. The van der Waals surface area contributed by atoms with Gasteiger partial charge in [0.25, 0.3) is 0 Å². The minimum absolute atomic E-state index is 0.0122. The Morgan fingerprint density at radius 2 is 0.935 bits per heavy atom. The van der Waals surface area contributed by atoms with E-state index in [1.165, 1.54) is 36.1 Å². The van der Waals surface area contributed by atoms with Gasteiger partial charge in [-0.15, -0.1) is 0 Å². The number of guanidine groups is 1. The minimum Gasteiger partial charge on any atom is -0.508 e. The van der Waals surface area contributed by atoms with Gasteiger partial charge in [0.1, 0.15) is 78.3 Å². The van der Waals surface area contributed by atoms with Crippen molar-refractivity contribution in [3.8, 4) is 5.75 Å². The number of carboxylic acids is 2. The fraction of sp³-hybridized carbons (Fsp3) is 0.686. The molecule has 0 radical (unpaired) electrons. The highest BCUT2D eigenvalue weighted by Gasteiger charge is 2.42. The molecule has 0 aromatic heterocycles. The summed E-state index contributed by atoms with van der Waals surface area (Å²) in [5.41, 5.74) is 17.4. The molecule has 2 saturated heterocycles. The number of amides is 13. The number of phenols is 1. The van der Waals surface area contributed by atoms with Crippen molar-refractivity contribution >= 4 is 120 Å². The zero-order valence-electron chi connectivity index (χ0n) is 63.1. The number of phenolic OH excluding ortho intramolecular Hbond substituents is 1. The average Bonchev–Trinajstić information content (AvgIpc) is 1.81. The molecule has 20 N–H and O–H groups in total. The second-order valence-electron chi connectivity index (χ2n) is 29.0. The Morgan fingerprint density at radius 1 is 0.514 bits per heavy atom. The maximum atomic E-state index is 14.7. The number of hydrogen-bond donors (Lipinski definition) is 19. The molecular weight excluding hydrogens is 1430 g/mol. The van der Waals surface area contributed by atoms with Crippen LogP contribution in [0.1, 0.15) is 159 Å². The highest BCUT2D eigenvalue weighted by atomic mass is 32.1. The van der Waals surface area contributed by atoms with Gasteiger partial charge in [0.2, 0.25) is 76.8 Å². The molecule has 0 saturated carbocycles. The van der Waals surface area contributed by atoms with Crippen molar-refractivity contribution in [2.24, 2.45) is 51.8 Å². The molecule has 2 fully saturated rings. The van der Waals surface area contributed by atoms with Crippen LogP contribution < -0.4 is 75.7 Å². The van der Waals surface area contributed by atoms with E-state index >= 15 is 0 Å². The Morgan fingerprint density at radius 3 is 1.45 bits per heavy atom. The van der Waals surface area contributed by atoms with Crippen molar-refractivity contribution in [2.45, 2.75) is 238 Å². The molecule has 37 heteroatoms. The lowest BCUT2D eigenvalue weighted by Gasteiger charge is -2.32. The van der Waals surface area contributed by atoms with Crippen LogP contribution in [-0.2, 0) is 78.3 Å². The van der Waals surface area contributed by atoms with E-state index in [4.69, 9.17) is 17.2 Å². The van der Waals surface area contributed by atoms with Gasteiger partial charge in [0.15, 0.2) is 5.96 Å². The summed E-state index contributed by atoms with van der Waals surface area (Å²) < 4.78 is 0. The number of nitrogens with zero attached hydrogens (tertiary/aromatic N) is 3. The smallest absolute Gasteiger partial charge is 0.326 e. The molecule has 14 atom stereocenters. The zero-order chi connectivity index (χ0) is 80.7. The fourth-order valence-corrected chi connectivity index (χ4v) is 12.5. The number of hydrogen-bond acceptors (Lipinski definition) is 20. The van der Waals surface area contributed by atoms with Crippen LogP contribution >= 0.6 is 25.3 Å². The topological polar surface area (TPSA) is 546 Å². The molecule has 107 heavy (non-hydrogen) atoms. The standard InChI is InChI=1S/C70H115N17O18S2/c1-12-39(10)56(71)67(102)85-51(34-107)64(99)78-44(26-35(2)3)61(96)82-48(28-37(6)7)68(103)87-25-15-18-53(87)66(101)81-45(27-36(4)5)60(95)80-47(31-55(90)91)62(97)79-46(30-41-19-21-42(88)22-20-41)58(93)75-32-54(89)86-24-14-17-52(86)65(100)84-50(33-106)63(98)77-43(16-13-23-74-70(72)73)59(94)76-40(11)57(92)83-49(69(104)105)29-38(8)9/h19-22,35-40,43-53,56,88,106-107H,12-18,23-34,71H2,1-11H3,(H,75,93)(H,76,94)(H,77,98)(H,78,99)(H,79,97)(H,80,95)(H,81,101)(H,82,96)(H,83,92)(H,84,100)(H,85,102)(H,90,91)(H,104,105)(H4,72,73,74)/t39-,40-,43-,44-,45-,46-,47-,48-,49-,50-,51-,52-,53-,56-/m0/s1. The molecule has 1 aromatic rings. The van der Waals surface area contributed by atoms with E-state index in [-0.39, 0.29) is 130 Å². The van der Waals surface area contributed by atoms with Gasteiger partial charge in [0.05, 0.1) is 19.0 Å². The zero-order valence-corrected chi connectivity index (χ0v) is 64.9. The number of rotatable bonds is 45. The van der Waals surface area contributed by atoms with Crippen LogP contribution in [0.4, 0.5) is 0 Å². The highest BCUT2D eigenvalue weighted by molar-refractivity contribution is 7.80. The van der Waals surface area contributed by atoms with Crippen LogP contribution in [0.3, 0.4) is 0 Å². The first-order chi connectivity index (χ1) is 50.2. The average molecular weight is 1550 g/mol. The Hall–Kier alpha value is -9.00. The summed E-state index contributed by atoms with van der Waals surface area (Å²) in [5, 5.41) is 58.0. The van der Waals surface area contributed by atoms with Crippen LogP contribution in [-0.4, -0.2) is 236 Å². The van der Waals surface area contributed by atoms with Gasteiger partial charge in [-0.3, -0.25) is 72.1 Å². The normalized spacial score (nSPS) is 17.6. The molecular formula is C70H115N17O18S2. The number of carbonyl (C=O) groups excluding carboxylic acids is 13. The summed E-state index contributed by atoms with van der Waals surface area (Å²) in [6.45, 7) is 18.6. The third-order valence-electron chi connectivity index (χ3n) is 18.0. The molecule has 0 bridgehead atoms. The lowest BCUT2D eigenvalue weighted by Crippen LogP contribution is -2.60. The summed E-state index contributed by atoms with van der Waals surface area (Å²) >= 11 is 8.54. The molecule has 3 rings (SSSR count). The molecule has 13 amide bonds. The molecule has 0 unspecified atom stereocenters. The van der Waals surface area contributed by atoms with E-state index in [0.717, 1.165) is 4.90 Å². The van der Waals surface area contributed by atoms with Crippen molar-refractivity contribution in [1.82, 2.24) is 68.3 Å². The second-order valence-corrected chi connectivity index (χ2v) is 29.7. The number of aliphatic carboxylic acids is 2. The Labute approximate surface area is 635 Å². The summed E-state index contributed by atoms with van der Waals surface area (Å²) in [4.78, 5) is 212. The lowest BCUT2D eigenvalue weighted by molar-refractivity contribution is -0.143. The van der Waals surface area contributed by atoms with Gasteiger partial charge >= 0.3 is 11.9 Å². The number of benzene rings is 1. The van der Waals surface area contributed by atoms with Crippen molar-refractivity contribution in [3.05, 3.63) is 29.8 Å². The van der Waals surface area contributed by atoms with Crippen LogP contribution in [0.2, 0.25) is 0 Å². The number of nitrogens with one attached hydrogen (secondary N) is 11. The Kier molecular flexibility index (Phi) is 39.3. The third kappa shape index (κ3) is 31.4. The molecule has 2 heterocycles. The quantitative estimate of drug-likeness (QED) is 0.0144. The Balaban J connectivity index is 1.83. The summed E-state index contributed by atoms with van der Waals surface area (Å²) in [6, 6.07) is -11.6. The van der Waals surface area contributed by atoms with Crippen LogP contribution in [0.5, 0.6) is 5.75 Å². The highest BCUT2D eigenvalue weighted by Crippen LogP contribution is 2.23. The van der Waals surface area contributed by atoms with E-state index in [9.17, 15) is 87.2 Å². The number of likely N-dealkylation sites (tertiary alicyclic amines) is 2. The molecule has 2 aliphatic rings. The number of thiol groups is 2. The summed E-state index contributed by atoms with van der Waals surface area (Å²) in [7, 11) is 0. The van der Waals surface area contributed by atoms with Crippen LogP contribution in [0.15, 0.2) is 29.3 Å². The molecule has 1 aromatic carbocycles. The predicted octanol–water partition coefficient (Wildman–Crippen LogP) is -2.07. The maximum absolute atomic E-state index is 14.7. The van der Waals surface area contributed by atoms with Gasteiger partial charge < -0.3 is 101 Å². The van der Waals surface area contributed by atoms with E-state index in [1.807, 2.05) is 34.6 Å². The van der Waals surface area contributed by atoms with Crippen LogP contribution in [0, 0.1) is 29.6 Å². The van der Waals surface area contributed by atoms with Crippen molar-refractivity contribution in [2.75, 3.05) is 37.7 Å². The molecule has 2 aliphatic heterocycles. The van der Waals surface area contributed by atoms with Crippen LogP contribution in [0.25, 0.3) is 0 Å². The number of carboxylic acid groups (broad SMARTS) is 2. The monoisotopic (exact) mass is 1550 g/mol. The molecule has 0 spiro atoms. The fourth-order valence-electron chi connectivity index (χ4n) is 12.0. The van der Waals surface area contributed by atoms with Crippen molar-refractivity contribution in [1.29, 1.82) is 0 Å². The lowest BCUT2D eigenvalue weighted by atomic mass is 9.98. The minimum atomic E-state index is -1.91. The second kappa shape index (κ2) is 45.6. The maximum Gasteiger partial charge on any atom is 0.326 e.